The third-order valence-electron chi connectivity index (χ3n) is 2.71. The second-order valence-electron chi connectivity index (χ2n) is 4.54. The first-order valence-electron chi connectivity index (χ1n) is 7.41. The summed E-state index contributed by atoms with van der Waals surface area (Å²) in [6.45, 7) is 12.0. The molecule has 0 aliphatic carbocycles. The SMILES string of the molecule is [CH2-]CCCCCCC.[CH2-]CCCCCCC.[Zn+2].[Zn]. The zero-order valence-electron chi connectivity index (χ0n) is 13.3. The molecule has 0 saturated heterocycles. The van der Waals surface area contributed by atoms with Gasteiger partial charge < -0.3 is 13.8 Å². The van der Waals surface area contributed by atoms with Crippen LogP contribution in [0.4, 0.5) is 0 Å². The van der Waals surface area contributed by atoms with Crippen LogP contribution in [0.3, 0.4) is 0 Å². The van der Waals surface area contributed by atoms with Gasteiger partial charge in [-0.3, -0.25) is 0 Å². The number of hydrogen-bond donors (Lipinski definition) is 0. The van der Waals surface area contributed by atoms with Gasteiger partial charge in [-0.1, -0.05) is 78.1 Å². The summed E-state index contributed by atoms with van der Waals surface area (Å²) in [6, 6.07) is 0. The summed E-state index contributed by atoms with van der Waals surface area (Å²) in [7, 11) is 0. The van der Waals surface area contributed by atoms with Gasteiger partial charge in [0.05, 0.1) is 0 Å². The predicted octanol–water partition coefficient (Wildman–Crippen LogP) is 6.36. The van der Waals surface area contributed by atoms with Gasteiger partial charge in [0, 0.05) is 19.5 Å². The molecule has 0 atom stereocenters. The van der Waals surface area contributed by atoms with Crippen LogP contribution in [-0.4, -0.2) is 0 Å². The fourth-order valence-corrected chi connectivity index (χ4v) is 1.56. The minimum atomic E-state index is 0. The monoisotopic (exact) mass is 354 g/mol. The van der Waals surface area contributed by atoms with Gasteiger partial charge in [-0.15, -0.1) is 0 Å². The van der Waals surface area contributed by atoms with Gasteiger partial charge in [0.2, 0.25) is 0 Å². The van der Waals surface area contributed by atoms with E-state index in [1.807, 2.05) is 0 Å². The molecule has 0 amide bonds. The summed E-state index contributed by atoms with van der Waals surface area (Å²) >= 11 is 0. The van der Waals surface area contributed by atoms with E-state index in [1.165, 1.54) is 64.2 Å². The second-order valence-corrected chi connectivity index (χ2v) is 4.54. The van der Waals surface area contributed by atoms with Gasteiger partial charge in [0.1, 0.15) is 0 Å². The first kappa shape index (κ1) is 27.6. The Hall–Kier alpha value is 1.25. The maximum Gasteiger partial charge on any atom is 2.00 e. The molecular weight excluding hydrogens is 323 g/mol. The van der Waals surface area contributed by atoms with E-state index in [4.69, 9.17) is 0 Å². The van der Waals surface area contributed by atoms with Crippen LogP contribution in [0.1, 0.15) is 90.9 Å². The average Bonchev–Trinajstić information content (AvgIpc) is 2.31. The van der Waals surface area contributed by atoms with E-state index in [-0.39, 0.29) is 39.0 Å². The third kappa shape index (κ3) is 36.0. The fraction of sp³-hybridized carbons (Fsp3) is 0.875. The predicted molar refractivity (Wildman–Crippen MR) is 77.5 cm³/mol. The van der Waals surface area contributed by atoms with E-state index in [0.717, 1.165) is 12.8 Å². The Morgan fingerprint density at radius 1 is 0.556 bits per heavy atom. The molecular formula is C16H34Zn2. The summed E-state index contributed by atoms with van der Waals surface area (Å²) in [5.74, 6) is 0. The molecule has 0 saturated carbocycles. The summed E-state index contributed by atoms with van der Waals surface area (Å²) < 4.78 is 0. The summed E-state index contributed by atoms with van der Waals surface area (Å²) in [5.41, 5.74) is 0. The van der Waals surface area contributed by atoms with Crippen LogP contribution in [0.25, 0.3) is 0 Å². The maximum absolute atomic E-state index is 3.78. The zero-order valence-corrected chi connectivity index (χ0v) is 19.2. The van der Waals surface area contributed by atoms with Crippen LogP contribution < -0.4 is 0 Å². The van der Waals surface area contributed by atoms with Crippen molar-refractivity contribution in [2.24, 2.45) is 0 Å². The molecule has 18 heavy (non-hydrogen) atoms. The van der Waals surface area contributed by atoms with E-state index in [0.29, 0.717) is 0 Å². The van der Waals surface area contributed by atoms with Crippen molar-refractivity contribution < 1.29 is 39.0 Å². The maximum atomic E-state index is 3.78. The largest absolute Gasteiger partial charge is 2.00 e. The Labute approximate surface area is 143 Å². The van der Waals surface area contributed by atoms with Crippen LogP contribution >= 0.6 is 0 Å². The molecule has 0 N–H and O–H groups in total. The molecule has 0 fully saturated rings. The van der Waals surface area contributed by atoms with E-state index >= 15 is 0 Å². The van der Waals surface area contributed by atoms with Crippen molar-refractivity contribution in [1.29, 1.82) is 0 Å². The summed E-state index contributed by atoms with van der Waals surface area (Å²) in [4.78, 5) is 0. The molecule has 0 rings (SSSR count). The van der Waals surface area contributed by atoms with Gasteiger partial charge >= 0.3 is 19.5 Å². The Bertz CT molecular complexity index is 71.1. The number of hydrogen-bond acceptors (Lipinski definition) is 0. The molecule has 2 heteroatoms. The van der Waals surface area contributed by atoms with Gasteiger partial charge in [-0.05, 0) is 0 Å². The minimum absolute atomic E-state index is 0. The smallest absolute Gasteiger partial charge is 0.343 e. The van der Waals surface area contributed by atoms with E-state index in [1.54, 1.807) is 0 Å². The molecule has 102 valence electrons. The zero-order chi connectivity index (χ0) is 12.5. The van der Waals surface area contributed by atoms with Crippen molar-refractivity contribution in [3.05, 3.63) is 13.8 Å². The van der Waals surface area contributed by atoms with Crippen molar-refractivity contribution in [3.8, 4) is 0 Å². The number of rotatable bonds is 10. The van der Waals surface area contributed by atoms with Crippen molar-refractivity contribution >= 4 is 0 Å². The van der Waals surface area contributed by atoms with Crippen LogP contribution in [0.15, 0.2) is 0 Å². The second kappa shape index (κ2) is 30.9. The van der Waals surface area contributed by atoms with Gasteiger partial charge in [-0.2, -0.15) is 12.8 Å². The molecule has 0 nitrogen and oxygen atoms in total. The van der Waals surface area contributed by atoms with E-state index in [2.05, 4.69) is 27.7 Å². The fourth-order valence-electron chi connectivity index (χ4n) is 1.56. The Balaban J connectivity index is -0.0000000980. The third-order valence-corrected chi connectivity index (χ3v) is 2.71. The van der Waals surface area contributed by atoms with Crippen molar-refractivity contribution in [2.75, 3.05) is 0 Å². The van der Waals surface area contributed by atoms with Crippen LogP contribution in [0, 0.1) is 13.8 Å². The topological polar surface area (TPSA) is 0 Å². The Kier molecular flexibility index (Phi) is 47.4. The van der Waals surface area contributed by atoms with Crippen molar-refractivity contribution in [1.82, 2.24) is 0 Å². The van der Waals surface area contributed by atoms with Crippen molar-refractivity contribution in [3.63, 3.8) is 0 Å². The summed E-state index contributed by atoms with van der Waals surface area (Å²) in [5, 5.41) is 0. The quantitative estimate of drug-likeness (QED) is 0.243. The molecule has 0 radical (unpaired) electrons. The molecule has 0 bridgehead atoms. The van der Waals surface area contributed by atoms with E-state index < -0.39 is 0 Å². The summed E-state index contributed by atoms with van der Waals surface area (Å²) in [6.07, 6.45) is 16.0. The van der Waals surface area contributed by atoms with Crippen LogP contribution in [0.5, 0.6) is 0 Å². The number of unbranched alkanes of at least 4 members (excludes halogenated alkanes) is 10. The Morgan fingerprint density at radius 2 is 0.833 bits per heavy atom. The van der Waals surface area contributed by atoms with Gasteiger partial charge in [0.15, 0.2) is 0 Å². The molecule has 0 unspecified atom stereocenters. The van der Waals surface area contributed by atoms with Crippen LogP contribution in [-0.2, 0) is 39.0 Å². The molecule has 0 aliphatic heterocycles. The van der Waals surface area contributed by atoms with Gasteiger partial charge in [-0.25, -0.2) is 0 Å². The molecule has 0 aromatic rings. The van der Waals surface area contributed by atoms with Crippen LogP contribution in [0.2, 0.25) is 0 Å². The van der Waals surface area contributed by atoms with E-state index in [9.17, 15) is 0 Å². The molecule has 0 aromatic heterocycles. The first-order valence-corrected chi connectivity index (χ1v) is 7.41. The standard InChI is InChI=1S/2C8H17.2Zn/c2*1-3-5-7-8-6-4-2;;/h2*1,3-8H2,2H3;;/q2*-1;;+2. The molecule has 0 aliphatic rings. The molecule has 0 aromatic carbocycles. The molecule has 0 heterocycles. The Morgan fingerprint density at radius 3 is 1.06 bits per heavy atom. The average molecular weight is 357 g/mol. The molecule has 0 spiro atoms. The van der Waals surface area contributed by atoms with Crippen molar-refractivity contribution in [2.45, 2.75) is 90.9 Å². The first-order chi connectivity index (χ1) is 7.83. The minimum Gasteiger partial charge on any atom is -0.343 e. The van der Waals surface area contributed by atoms with Gasteiger partial charge in [0.25, 0.3) is 0 Å². The normalized spacial score (nSPS) is 8.67.